The molecule has 1 aliphatic rings. The van der Waals surface area contributed by atoms with Crippen LogP contribution in [0.25, 0.3) is 0 Å². The molecule has 7 nitrogen and oxygen atoms in total. The number of hydrogen-bond acceptors (Lipinski definition) is 4. The average Bonchev–Trinajstić information content (AvgIpc) is 3.18. The number of ether oxygens (including phenoxy) is 2. The lowest BCUT2D eigenvalue weighted by Crippen LogP contribution is -2.40. The van der Waals surface area contributed by atoms with Gasteiger partial charge in [0.15, 0.2) is 5.96 Å². The Hall–Kier alpha value is -1.39. The van der Waals surface area contributed by atoms with E-state index in [1.165, 1.54) is 0 Å². The molecule has 30 heavy (non-hydrogen) atoms. The molecule has 1 heterocycles. The number of nitrogens with zero attached hydrogens (tertiary/aromatic N) is 2. The van der Waals surface area contributed by atoms with Gasteiger partial charge in [-0.2, -0.15) is 0 Å². The Bertz CT molecular complexity index is 657. The highest BCUT2D eigenvalue weighted by Crippen LogP contribution is 2.17. The van der Waals surface area contributed by atoms with Crippen LogP contribution >= 0.6 is 24.0 Å². The summed E-state index contributed by atoms with van der Waals surface area (Å²) in [6, 6.07) is 7.92. The van der Waals surface area contributed by atoms with Gasteiger partial charge in [0.25, 0.3) is 0 Å². The molecule has 0 saturated carbocycles. The Kier molecular flexibility index (Phi) is 13.7. The number of rotatable bonds is 11. The number of carbonyl (C=O) groups excluding carboxylic acids is 1. The van der Waals surface area contributed by atoms with Crippen molar-refractivity contribution in [3.8, 4) is 0 Å². The molecular weight excluding hydrogens is 495 g/mol. The number of likely N-dealkylation sites (tertiary alicyclic amines) is 1. The zero-order valence-corrected chi connectivity index (χ0v) is 20.8. The van der Waals surface area contributed by atoms with Crippen LogP contribution < -0.4 is 10.6 Å². The second-order valence-corrected chi connectivity index (χ2v) is 7.34. The van der Waals surface area contributed by atoms with Crippen molar-refractivity contribution >= 4 is 41.5 Å². The number of nitrogens with one attached hydrogen (secondary N) is 2. The van der Waals surface area contributed by atoms with Crippen molar-refractivity contribution in [3.63, 3.8) is 0 Å². The maximum atomic E-state index is 11.8. The Morgan fingerprint density at radius 2 is 2.13 bits per heavy atom. The van der Waals surface area contributed by atoms with Gasteiger partial charge in [-0.1, -0.05) is 19.1 Å². The molecule has 170 valence electrons. The molecule has 0 spiro atoms. The van der Waals surface area contributed by atoms with Gasteiger partial charge in [0, 0.05) is 44.8 Å². The summed E-state index contributed by atoms with van der Waals surface area (Å²) >= 11 is 0. The second-order valence-electron chi connectivity index (χ2n) is 7.34. The third-order valence-electron chi connectivity index (χ3n) is 4.80. The maximum absolute atomic E-state index is 11.8. The topological polar surface area (TPSA) is 75.2 Å². The van der Waals surface area contributed by atoms with E-state index in [-0.39, 0.29) is 29.9 Å². The van der Waals surface area contributed by atoms with E-state index < -0.39 is 0 Å². The second kappa shape index (κ2) is 15.4. The SMILES string of the molecule is CCCC(=O)Nc1cccc(CN=C(NCC)N2CCC(COCCOC)C2)c1.I. The van der Waals surface area contributed by atoms with Gasteiger partial charge in [0.05, 0.1) is 26.4 Å². The van der Waals surface area contributed by atoms with E-state index in [9.17, 15) is 4.79 Å². The van der Waals surface area contributed by atoms with Gasteiger partial charge in [-0.3, -0.25) is 4.79 Å². The van der Waals surface area contributed by atoms with E-state index >= 15 is 0 Å². The summed E-state index contributed by atoms with van der Waals surface area (Å²) in [4.78, 5) is 18.9. The fourth-order valence-corrected chi connectivity index (χ4v) is 3.34. The Morgan fingerprint density at radius 3 is 2.87 bits per heavy atom. The lowest BCUT2D eigenvalue weighted by atomic mass is 10.1. The van der Waals surface area contributed by atoms with Crippen LogP contribution in [0.5, 0.6) is 0 Å². The van der Waals surface area contributed by atoms with Gasteiger partial charge in [-0.15, -0.1) is 24.0 Å². The normalized spacial score (nSPS) is 16.3. The molecule has 0 radical (unpaired) electrons. The fourth-order valence-electron chi connectivity index (χ4n) is 3.34. The molecule has 1 aromatic carbocycles. The van der Waals surface area contributed by atoms with E-state index in [1.54, 1.807) is 7.11 Å². The number of methoxy groups -OCH3 is 1. The van der Waals surface area contributed by atoms with Gasteiger partial charge in [-0.25, -0.2) is 4.99 Å². The zero-order chi connectivity index (χ0) is 20.9. The van der Waals surface area contributed by atoms with Crippen LogP contribution in [0.2, 0.25) is 0 Å². The number of guanidine groups is 1. The van der Waals surface area contributed by atoms with Gasteiger partial charge in [-0.05, 0) is 37.5 Å². The number of halogens is 1. The minimum absolute atomic E-state index is 0. The Balaban J connectivity index is 0.00000450. The van der Waals surface area contributed by atoms with Crippen molar-refractivity contribution in [2.45, 2.75) is 39.7 Å². The van der Waals surface area contributed by atoms with Crippen LogP contribution in [-0.2, 0) is 20.8 Å². The average molecular weight is 532 g/mol. The van der Waals surface area contributed by atoms with E-state index in [2.05, 4.69) is 22.5 Å². The molecule has 0 aliphatic carbocycles. The van der Waals surface area contributed by atoms with E-state index in [1.807, 2.05) is 31.2 Å². The first-order valence-corrected chi connectivity index (χ1v) is 10.6. The number of aliphatic imine (C=N–C) groups is 1. The number of benzene rings is 1. The maximum Gasteiger partial charge on any atom is 0.224 e. The molecule has 2 rings (SSSR count). The van der Waals surface area contributed by atoms with Gasteiger partial charge in [0.1, 0.15) is 0 Å². The molecule has 2 N–H and O–H groups in total. The van der Waals surface area contributed by atoms with Gasteiger partial charge >= 0.3 is 0 Å². The Morgan fingerprint density at radius 1 is 1.30 bits per heavy atom. The quantitative estimate of drug-likeness (QED) is 0.198. The molecule has 8 heteroatoms. The summed E-state index contributed by atoms with van der Waals surface area (Å²) in [5.74, 6) is 1.51. The molecule has 1 saturated heterocycles. The number of hydrogen-bond donors (Lipinski definition) is 2. The summed E-state index contributed by atoms with van der Waals surface area (Å²) in [6.07, 6.45) is 2.49. The first-order valence-electron chi connectivity index (χ1n) is 10.6. The molecule has 1 unspecified atom stereocenters. The minimum atomic E-state index is 0. The number of amides is 1. The largest absolute Gasteiger partial charge is 0.382 e. The highest BCUT2D eigenvalue weighted by Gasteiger charge is 2.24. The van der Waals surface area contributed by atoms with Crippen molar-refractivity contribution in [2.24, 2.45) is 10.9 Å². The monoisotopic (exact) mass is 532 g/mol. The minimum Gasteiger partial charge on any atom is -0.382 e. The molecule has 1 aromatic rings. The van der Waals surface area contributed by atoms with Crippen LogP contribution in [0.15, 0.2) is 29.3 Å². The highest BCUT2D eigenvalue weighted by molar-refractivity contribution is 14.0. The van der Waals surface area contributed by atoms with Crippen molar-refractivity contribution in [1.29, 1.82) is 0 Å². The van der Waals surface area contributed by atoms with Crippen molar-refractivity contribution in [1.82, 2.24) is 10.2 Å². The molecule has 0 bridgehead atoms. The fraction of sp³-hybridized carbons (Fsp3) is 0.636. The van der Waals surface area contributed by atoms with Crippen molar-refractivity contribution < 1.29 is 14.3 Å². The van der Waals surface area contributed by atoms with Crippen LogP contribution in [0.1, 0.15) is 38.7 Å². The van der Waals surface area contributed by atoms with Crippen LogP contribution in [-0.4, -0.2) is 63.3 Å². The molecule has 1 fully saturated rings. The summed E-state index contributed by atoms with van der Waals surface area (Å²) in [5, 5.41) is 6.35. The lowest BCUT2D eigenvalue weighted by molar-refractivity contribution is -0.116. The van der Waals surface area contributed by atoms with E-state index in [0.29, 0.717) is 32.1 Å². The van der Waals surface area contributed by atoms with Crippen LogP contribution in [0.3, 0.4) is 0 Å². The van der Waals surface area contributed by atoms with Crippen molar-refractivity contribution in [2.75, 3.05) is 51.9 Å². The summed E-state index contributed by atoms with van der Waals surface area (Å²) in [6.45, 7) is 9.47. The van der Waals surface area contributed by atoms with Gasteiger partial charge < -0.3 is 25.0 Å². The highest BCUT2D eigenvalue weighted by atomic mass is 127. The third kappa shape index (κ3) is 9.61. The molecule has 1 amide bonds. The summed E-state index contributed by atoms with van der Waals surface area (Å²) in [5.41, 5.74) is 1.91. The van der Waals surface area contributed by atoms with E-state index in [4.69, 9.17) is 14.5 Å². The molecule has 1 aliphatic heterocycles. The number of anilines is 1. The molecule has 1 atom stereocenters. The predicted octanol–water partition coefficient (Wildman–Crippen LogP) is 3.49. The van der Waals surface area contributed by atoms with Gasteiger partial charge in [0.2, 0.25) is 5.91 Å². The van der Waals surface area contributed by atoms with Crippen LogP contribution in [0.4, 0.5) is 5.69 Å². The molecule has 0 aromatic heterocycles. The van der Waals surface area contributed by atoms with Crippen LogP contribution in [0, 0.1) is 5.92 Å². The molecular formula is C22H37IN4O3. The Labute approximate surface area is 198 Å². The number of carbonyl (C=O) groups is 1. The zero-order valence-electron chi connectivity index (χ0n) is 18.5. The predicted molar refractivity (Wildman–Crippen MR) is 133 cm³/mol. The smallest absolute Gasteiger partial charge is 0.224 e. The summed E-state index contributed by atoms with van der Waals surface area (Å²) in [7, 11) is 1.69. The standard InChI is InChI=1S/C22H36N4O3.HI/c1-4-7-21(27)25-20-9-6-8-18(14-20)15-24-22(23-5-2)26-11-10-19(16-26)17-29-13-12-28-3;/h6,8-9,14,19H,4-5,7,10-13,15-17H2,1-3H3,(H,23,24)(H,25,27);1H. The third-order valence-corrected chi connectivity index (χ3v) is 4.80. The summed E-state index contributed by atoms with van der Waals surface area (Å²) < 4.78 is 10.7. The van der Waals surface area contributed by atoms with E-state index in [0.717, 1.165) is 56.3 Å². The first-order chi connectivity index (χ1) is 14.2. The lowest BCUT2D eigenvalue weighted by Gasteiger charge is -2.21. The first kappa shape index (κ1) is 26.6. The van der Waals surface area contributed by atoms with Crippen molar-refractivity contribution in [3.05, 3.63) is 29.8 Å².